The fourth-order valence-corrected chi connectivity index (χ4v) is 2.64. The molecule has 2 aliphatic heterocycles. The van der Waals surface area contributed by atoms with Gasteiger partial charge in [0.25, 0.3) is 0 Å². The predicted molar refractivity (Wildman–Crippen MR) is 75.4 cm³/mol. The lowest BCUT2D eigenvalue weighted by atomic mass is 10.1. The van der Waals surface area contributed by atoms with Crippen LogP contribution < -0.4 is 19.4 Å². The third kappa shape index (κ3) is 3.07. The van der Waals surface area contributed by atoms with E-state index in [9.17, 15) is 8.42 Å². The van der Waals surface area contributed by atoms with Gasteiger partial charge in [0.15, 0.2) is 11.5 Å². The second-order valence-electron chi connectivity index (χ2n) is 4.40. The van der Waals surface area contributed by atoms with Crippen molar-refractivity contribution in [3.63, 3.8) is 0 Å². The van der Waals surface area contributed by atoms with Crippen molar-refractivity contribution in [2.75, 3.05) is 30.8 Å². The van der Waals surface area contributed by atoms with Gasteiger partial charge in [0.2, 0.25) is 0 Å². The number of nitrogen functional groups attached to an aromatic ring is 1. The molecule has 8 heteroatoms. The maximum atomic E-state index is 11.5. The first kappa shape index (κ1) is 14.7. The van der Waals surface area contributed by atoms with E-state index in [0.29, 0.717) is 31.0 Å². The van der Waals surface area contributed by atoms with Crippen molar-refractivity contribution in [2.45, 2.75) is 20.3 Å². The minimum atomic E-state index is -4.11. The van der Waals surface area contributed by atoms with Crippen LogP contribution in [-0.2, 0) is 15.1 Å². The van der Waals surface area contributed by atoms with Crippen molar-refractivity contribution in [1.29, 1.82) is 0 Å². The molecule has 20 heavy (non-hydrogen) atoms. The average Bonchev–Trinajstić information content (AvgIpc) is 2.56. The third-order valence-corrected chi connectivity index (χ3v) is 3.57. The minimum absolute atomic E-state index is 0.0701. The van der Waals surface area contributed by atoms with E-state index in [0.717, 1.165) is 6.42 Å². The summed E-state index contributed by atoms with van der Waals surface area (Å²) in [5.74, 6) is 0.236. The van der Waals surface area contributed by atoms with Gasteiger partial charge in [-0.05, 0) is 13.3 Å². The highest BCUT2D eigenvalue weighted by atomic mass is 32.3. The number of hydrogen-bond donors (Lipinski definition) is 2. The summed E-state index contributed by atoms with van der Waals surface area (Å²) < 4.78 is 38.1. The van der Waals surface area contributed by atoms with Crippen LogP contribution in [0.5, 0.6) is 11.5 Å². The number of anilines is 2. The molecule has 0 amide bonds. The summed E-state index contributed by atoms with van der Waals surface area (Å²) in [7, 11) is -4.11. The SMILES string of the molecule is CCCOCCNc1cc2c(N)c(C)c1OS(=O)(=O)O2. The number of rotatable bonds is 6. The molecule has 0 fully saturated rings. The van der Waals surface area contributed by atoms with Crippen LogP contribution in [0.1, 0.15) is 18.9 Å². The van der Waals surface area contributed by atoms with Crippen molar-refractivity contribution in [1.82, 2.24) is 0 Å². The Bertz CT molecular complexity index is 600. The van der Waals surface area contributed by atoms with Crippen LogP contribution in [0.25, 0.3) is 0 Å². The van der Waals surface area contributed by atoms with Crippen molar-refractivity contribution < 1.29 is 21.5 Å². The molecule has 112 valence electrons. The van der Waals surface area contributed by atoms with E-state index in [2.05, 4.69) is 5.32 Å². The molecule has 0 radical (unpaired) electrons. The molecular formula is C12H18N2O5S. The molecule has 2 heterocycles. The van der Waals surface area contributed by atoms with Crippen molar-refractivity contribution in [3.8, 4) is 11.5 Å². The summed E-state index contributed by atoms with van der Waals surface area (Å²) in [6.45, 7) is 5.43. The van der Waals surface area contributed by atoms with Gasteiger partial charge in [0.1, 0.15) is 0 Å². The van der Waals surface area contributed by atoms with Crippen molar-refractivity contribution >= 4 is 21.8 Å². The second kappa shape index (κ2) is 5.76. The van der Waals surface area contributed by atoms with E-state index in [-0.39, 0.29) is 17.2 Å². The van der Waals surface area contributed by atoms with Crippen molar-refractivity contribution in [2.24, 2.45) is 0 Å². The summed E-state index contributed by atoms with van der Waals surface area (Å²) in [6, 6.07) is 1.52. The van der Waals surface area contributed by atoms with Gasteiger partial charge in [0.05, 0.1) is 18.0 Å². The second-order valence-corrected chi connectivity index (χ2v) is 5.55. The number of benzene rings is 1. The number of fused-ring (bicyclic) bond motifs is 4. The highest BCUT2D eigenvalue weighted by molar-refractivity contribution is 7.82. The fourth-order valence-electron chi connectivity index (χ4n) is 1.82. The molecule has 1 aromatic rings. The topological polar surface area (TPSA) is 99.9 Å². The molecule has 0 unspecified atom stereocenters. The van der Waals surface area contributed by atoms with Crippen LogP contribution in [0.4, 0.5) is 11.4 Å². The summed E-state index contributed by atoms with van der Waals surface area (Å²) in [4.78, 5) is 0. The zero-order chi connectivity index (χ0) is 14.8. The Labute approximate surface area is 118 Å². The third-order valence-electron chi connectivity index (χ3n) is 2.82. The minimum Gasteiger partial charge on any atom is -0.395 e. The van der Waals surface area contributed by atoms with Crippen LogP contribution in [0.15, 0.2) is 6.07 Å². The average molecular weight is 302 g/mol. The van der Waals surface area contributed by atoms with Crippen LogP contribution in [0.2, 0.25) is 0 Å². The Morgan fingerprint density at radius 2 is 2.10 bits per heavy atom. The quantitative estimate of drug-likeness (QED) is 0.605. The lowest BCUT2D eigenvalue weighted by Crippen LogP contribution is -2.15. The molecule has 3 N–H and O–H groups in total. The Morgan fingerprint density at radius 1 is 1.35 bits per heavy atom. The molecule has 2 bridgehead atoms. The van der Waals surface area contributed by atoms with Gasteiger partial charge in [-0.2, -0.15) is 0 Å². The Hall–Kier alpha value is -1.67. The monoisotopic (exact) mass is 302 g/mol. The molecule has 0 saturated carbocycles. The van der Waals surface area contributed by atoms with Gasteiger partial charge in [0, 0.05) is 24.8 Å². The summed E-state index contributed by atoms with van der Waals surface area (Å²) in [6.07, 6.45) is 0.950. The van der Waals surface area contributed by atoms with Gasteiger partial charge in [-0.25, -0.2) is 0 Å². The van der Waals surface area contributed by atoms with Gasteiger partial charge < -0.3 is 24.2 Å². The maximum Gasteiger partial charge on any atom is 0.501 e. The zero-order valence-electron chi connectivity index (χ0n) is 11.4. The van der Waals surface area contributed by atoms with Gasteiger partial charge in [-0.15, -0.1) is 8.42 Å². The normalized spacial score (nSPS) is 15.3. The molecule has 2 aliphatic rings. The van der Waals surface area contributed by atoms with Gasteiger partial charge >= 0.3 is 10.4 Å². The van der Waals surface area contributed by atoms with E-state index in [1.165, 1.54) is 6.07 Å². The van der Waals surface area contributed by atoms with E-state index < -0.39 is 10.4 Å². The number of hydrogen-bond acceptors (Lipinski definition) is 7. The number of ether oxygens (including phenoxy) is 1. The van der Waals surface area contributed by atoms with Crippen LogP contribution in [-0.4, -0.2) is 28.2 Å². The first-order valence-electron chi connectivity index (χ1n) is 6.33. The summed E-state index contributed by atoms with van der Waals surface area (Å²) >= 11 is 0. The van der Waals surface area contributed by atoms with Crippen LogP contribution in [0.3, 0.4) is 0 Å². The molecule has 0 aliphatic carbocycles. The van der Waals surface area contributed by atoms with Gasteiger partial charge in [-0.1, -0.05) is 6.92 Å². The van der Waals surface area contributed by atoms with Crippen LogP contribution in [0, 0.1) is 6.92 Å². The fraction of sp³-hybridized carbons (Fsp3) is 0.500. The standard InChI is InChI=1S/C12H18N2O5S/c1-3-5-17-6-4-14-9-7-10-11(13)8(2)12(9)19-20(15,16)18-10/h7,14H,3-6,13H2,1-2H3. The number of nitrogens with two attached hydrogens (primary N) is 1. The Morgan fingerprint density at radius 3 is 2.80 bits per heavy atom. The molecule has 0 aromatic heterocycles. The highest BCUT2D eigenvalue weighted by Crippen LogP contribution is 2.43. The first-order chi connectivity index (χ1) is 9.44. The van der Waals surface area contributed by atoms with E-state index in [1.54, 1.807) is 6.92 Å². The summed E-state index contributed by atoms with van der Waals surface area (Å²) in [5, 5.41) is 3.06. The van der Waals surface area contributed by atoms with E-state index in [4.69, 9.17) is 18.8 Å². The Balaban J connectivity index is 2.17. The first-order valence-corrected chi connectivity index (χ1v) is 7.66. The predicted octanol–water partition coefficient (Wildman–Crippen LogP) is 1.43. The summed E-state index contributed by atoms with van der Waals surface area (Å²) in [5.41, 5.74) is 7.10. The largest absolute Gasteiger partial charge is 0.501 e. The smallest absolute Gasteiger partial charge is 0.395 e. The zero-order valence-corrected chi connectivity index (χ0v) is 12.2. The molecule has 7 nitrogen and oxygen atoms in total. The molecule has 1 aromatic carbocycles. The molecular weight excluding hydrogens is 284 g/mol. The molecule has 0 spiro atoms. The van der Waals surface area contributed by atoms with Crippen molar-refractivity contribution in [3.05, 3.63) is 11.6 Å². The Kier molecular flexibility index (Phi) is 4.24. The lowest BCUT2D eigenvalue weighted by molar-refractivity contribution is 0.144. The molecule has 0 saturated heterocycles. The number of nitrogens with one attached hydrogen (secondary N) is 1. The maximum absolute atomic E-state index is 11.5. The molecule has 0 atom stereocenters. The highest BCUT2D eigenvalue weighted by Gasteiger charge is 2.29. The van der Waals surface area contributed by atoms with E-state index in [1.807, 2.05) is 6.92 Å². The van der Waals surface area contributed by atoms with Gasteiger partial charge in [-0.3, -0.25) is 0 Å². The van der Waals surface area contributed by atoms with Crippen LogP contribution >= 0.6 is 0 Å². The van der Waals surface area contributed by atoms with E-state index >= 15 is 0 Å². The lowest BCUT2D eigenvalue weighted by Gasteiger charge is -2.12. The molecule has 3 rings (SSSR count).